The van der Waals surface area contributed by atoms with E-state index in [2.05, 4.69) is 21.2 Å². The van der Waals surface area contributed by atoms with Gasteiger partial charge in [0.2, 0.25) is 5.91 Å². The number of ketones is 1. The van der Waals surface area contributed by atoms with Crippen LogP contribution in [0.25, 0.3) is 0 Å². The van der Waals surface area contributed by atoms with Crippen molar-refractivity contribution in [2.45, 2.75) is 25.3 Å². The number of phenolic OH excluding ortho intramolecular Hbond substituents is 1. The van der Waals surface area contributed by atoms with Crippen LogP contribution in [0, 0.1) is 0 Å². The molecule has 0 atom stereocenters. The van der Waals surface area contributed by atoms with Gasteiger partial charge >= 0.3 is 0 Å². The Hall–Kier alpha value is -1.62. The van der Waals surface area contributed by atoms with Crippen LogP contribution in [0.2, 0.25) is 0 Å². The Labute approximate surface area is 119 Å². The molecule has 0 saturated heterocycles. The first-order valence-electron chi connectivity index (χ1n) is 6.07. The van der Waals surface area contributed by atoms with Crippen LogP contribution in [0.4, 0.5) is 0 Å². The van der Waals surface area contributed by atoms with E-state index in [0.29, 0.717) is 10.0 Å². The molecule has 0 radical (unpaired) electrons. The molecule has 1 amide bonds. The van der Waals surface area contributed by atoms with E-state index in [1.807, 2.05) is 0 Å². The Bertz CT molecular complexity index is 535. The molecule has 0 unspecified atom stereocenters. The first-order valence-corrected chi connectivity index (χ1v) is 6.87. The molecule has 0 spiro atoms. The van der Waals surface area contributed by atoms with E-state index in [0.717, 1.165) is 19.3 Å². The van der Waals surface area contributed by atoms with Gasteiger partial charge in [-0.2, -0.15) is 0 Å². The van der Waals surface area contributed by atoms with E-state index in [9.17, 15) is 14.7 Å². The highest BCUT2D eigenvalue weighted by Crippen LogP contribution is 2.22. The van der Waals surface area contributed by atoms with Crippen molar-refractivity contribution in [2.24, 2.45) is 0 Å². The van der Waals surface area contributed by atoms with Crippen LogP contribution in [0.1, 0.15) is 29.6 Å². The lowest BCUT2D eigenvalue weighted by molar-refractivity contribution is -0.117. The monoisotopic (exact) mass is 323 g/mol. The molecule has 5 heteroatoms. The second kappa shape index (κ2) is 6.02. The maximum absolute atomic E-state index is 11.9. The highest BCUT2D eigenvalue weighted by Gasteiger charge is 2.18. The quantitative estimate of drug-likeness (QED) is 0.661. The van der Waals surface area contributed by atoms with E-state index in [1.165, 1.54) is 30.4 Å². The average molecular weight is 324 g/mol. The summed E-state index contributed by atoms with van der Waals surface area (Å²) in [7, 11) is 0. The topological polar surface area (TPSA) is 66.4 Å². The Morgan fingerprint density at radius 2 is 2.05 bits per heavy atom. The van der Waals surface area contributed by atoms with Crippen molar-refractivity contribution in [3.05, 3.63) is 40.4 Å². The molecule has 1 aliphatic carbocycles. The third-order valence-electron chi connectivity index (χ3n) is 3.06. The number of nitrogens with one attached hydrogen (secondary N) is 1. The third-order valence-corrected chi connectivity index (χ3v) is 3.71. The summed E-state index contributed by atoms with van der Waals surface area (Å²) in [6, 6.07) is 4.64. The number of hydrogen-bond donors (Lipinski definition) is 2. The number of hydrogen-bond acceptors (Lipinski definition) is 3. The molecule has 2 rings (SSSR count). The van der Waals surface area contributed by atoms with Gasteiger partial charge in [-0.3, -0.25) is 9.59 Å². The molecule has 1 aliphatic rings. The zero-order chi connectivity index (χ0) is 13.8. The summed E-state index contributed by atoms with van der Waals surface area (Å²) < 4.78 is 0.501. The Balaban J connectivity index is 1.97. The van der Waals surface area contributed by atoms with E-state index in [4.69, 9.17) is 0 Å². The van der Waals surface area contributed by atoms with Crippen molar-refractivity contribution in [3.8, 4) is 5.75 Å². The predicted molar refractivity (Wildman–Crippen MR) is 75.1 cm³/mol. The van der Waals surface area contributed by atoms with Crippen LogP contribution in [-0.2, 0) is 4.79 Å². The number of amides is 1. The van der Waals surface area contributed by atoms with Gasteiger partial charge in [-0.1, -0.05) is 0 Å². The fraction of sp³-hybridized carbons (Fsp3) is 0.286. The van der Waals surface area contributed by atoms with Gasteiger partial charge in [0.25, 0.3) is 0 Å². The van der Waals surface area contributed by atoms with E-state index >= 15 is 0 Å². The number of rotatable bonds is 4. The average Bonchev–Trinajstić information content (AvgIpc) is 2.31. The molecular formula is C14H14BrNO3. The highest BCUT2D eigenvalue weighted by atomic mass is 79.9. The summed E-state index contributed by atoms with van der Waals surface area (Å²) in [6.07, 6.45) is 5.66. The number of phenols is 1. The van der Waals surface area contributed by atoms with Gasteiger partial charge in [0.05, 0.1) is 0 Å². The minimum Gasteiger partial charge on any atom is -0.508 e. The number of halogens is 1. The highest BCUT2D eigenvalue weighted by molar-refractivity contribution is 9.10. The summed E-state index contributed by atoms with van der Waals surface area (Å²) >= 11 is 3.20. The molecule has 1 saturated carbocycles. The minimum atomic E-state index is -0.282. The van der Waals surface area contributed by atoms with Gasteiger partial charge in [0, 0.05) is 22.2 Å². The first kappa shape index (κ1) is 13.8. The Morgan fingerprint density at radius 3 is 2.63 bits per heavy atom. The lowest BCUT2D eigenvalue weighted by Gasteiger charge is -2.25. The van der Waals surface area contributed by atoms with Gasteiger partial charge < -0.3 is 10.4 Å². The molecular weight excluding hydrogens is 310 g/mol. The largest absolute Gasteiger partial charge is 0.508 e. The number of carbonyl (C=O) groups is 2. The number of aromatic hydroxyl groups is 1. The van der Waals surface area contributed by atoms with Gasteiger partial charge in [0.15, 0.2) is 5.78 Å². The van der Waals surface area contributed by atoms with E-state index in [-0.39, 0.29) is 23.5 Å². The van der Waals surface area contributed by atoms with Crippen molar-refractivity contribution in [2.75, 3.05) is 0 Å². The fourth-order valence-electron chi connectivity index (χ4n) is 1.75. The minimum absolute atomic E-state index is 0.0788. The fourth-order valence-corrected chi connectivity index (χ4v) is 2.31. The maximum atomic E-state index is 11.9. The third kappa shape index (κ3) is 3.67. The number of benzene rings is 1. The molecule has 1 aromatic rings. The van der Waals surface area contributed by atoms with Gasteiger partial charge in [0.1, 0.15) is 5.75 Å². The van der Waals surface area contributed by atoms with Crippen LogP contribution in [0.15, 0.2) is 34.8 Å². The van der Waals surface area contributed by atoms with Crippen LogP contribution < -0.4 is 5.32 Å². The predicted octanol–water partition coefficient (Wildman–Crippen LogP) is 2.56. The second-order valence-electron chi connectivity index (χ2n) is 4.50. The molecule has 0 heterocycles. The van der Waals surface area contributed by atoms with Crippen molar-refractivity contribution in [1.82, 2.24) is 5.32 Å². The van der Waals surface area contributed by atoms with Gasteiger partial charge in [-0.25, -0.2) is 0 Å². The van der Waals surface area contributed by atoms with Crippen molar-refractivity contribution in [1.29, 1.82) is 0 Å². The summed E-state index contributed by atoms with van der Waals surface area (Å²) in [5, 5.41) is 12.1. The molecule has 100 valence electrons. The Kier molecular flexibility index (Phi) is 4.37. The van der Waals surface area contributed by atoms with Crippen LogP contribution in [-0.4, -0.2) is 22.8 Å². The summed E-state index contributed by atoms with van der Waals surface area (Å²) in [5.74, 6) is -0.446. The number of carbonyl (C=O) groups excluding carboxylic acids is 2. The van der Waals surface area contributed by atoms with Crippen molar-refractivity contribution in [3.63, 3.8) is 0 Å². The van der Waals surface area contributed by atoms with E-state index in [1.54, 1.807) is 0 Å². The van der Waals surface area contributed by atoms with Crippen molar-refractivity contribution >= 4 is 27.6 Å². The maximum Gasteiger partial charge on any atom is 0.244 e. The molecule has 4 nitrogen and oxygen atoms in total. The first-order chi connectivity index (χ1) is 9.06. The Morgan fingerprint density at radius 1 is 1.32 bits per heavy atom. The van der Waals surface area contributed by atoms with Crippen LogP contribution in [0.3, 0.4) is 0 Å². The smallest absolute Gasteiger partial charge is 0.244 e. The van der Waals surface area contributed by atoms with Gasteiger partial charge in [-0.15, -0.1) is 0 Å². The zero-order valence-corrected chi connectivity index (χ0v) is 11.8. The molecule has 0 bridgehead atoms. The normalized spacial score (nSPS) is 15.2. The van der Waals surface area contributed by atoms with Crippen molar-refractivity contribution < 1.29 is 14.7 Å². The molecule has 1 aromatic carbocycles. The number of allylic oxidation sites excluding steroid dienone is 1. The zero-order valence-electron chi connectivity index (χ0n) is 10.2. The SMILES string of the molecule is O=C(/C=C/C(=O)c1ccc(O)cc1Br)NC1CCC1. The summed E-state index contributed by atoms with van der Waals surface area (Å²) in [4.78, 5) is 23.4. The molecule has 0 aromatic heterocycles. The van der Waals surface area contributed by atoms with Gasteiger partial charge in [-0.05, 0) is 59.5 Å². The standard InChI is InChI=1S/C14H14BrNO3/c15-12-8-10(17)4-5-11(12)13(18)6-7-14(19)16-9-2-1-3-9/h4-9,17H,1-3H2,(H,16,19)/b7-6+. The molecule has 2 N–H and O–H groups in total. The molecule has 0 aliphatic heterocycles. The second-order valence-corrected chi connectivity index (χ2v) is 5.35. The van der Waals surface area contributed by atoms with Crippen LogP contribution in [0.5, 0.6) is 5.75 Å². The lowest BCUT2D eigenvalue weighted by Crippen LogP contribution is -2.38. The lowest BCUT2D eigenvalue weighted by atomic mass is 9.93. The molecule has 1 fully saturated rings. The summed E-state index contributed by atoms with van der Waals surface area (Å²) in [6.45, 7) is 0. The summed E-state index contributed by atoms with van der Waals surface area (Å²) in [5.41, 5.74) is 0.408. The molecule has 19 heavy (non-hydrogen) atoms. The van der Waals surface area contributed by atoms with E-state index < -0.39 is 0 Å². The van der Waals surface area contributed by atoms with Crippen LogP contribution >= 0.6 is 15.9 Å².